The van der Waals surface area contributed by atoms with Crippen LogP contribution in [0, 0.1) is 0 Å². The maximum absolute atomic E-state index is 11.7. The van der Waals surface area contributed by atoms with E-state index in [0.29, 0.717) is 12.8 Å². The fourth-order valence-corrected chi connectivity index (χ4v) is 3.80. The van der Waals surface area contributed by atoms with Crippen molar-refractivity contribution >= 4 is 15.6 Å². The quantitative estimate of drug-likeness (QED) is 0.353. The summed E-state index contributed by atoms with van der Waals surface area (Å²) in [6.45, 7) is 11.1. The third-order valence-electron chi connectivity index (χ3n) is 3.19. The predicted molar refractivity (Wildman–Crippen MR) is 94.3 cm³/mol. The van der Waals surface area contributed by atoms with Crippen LogP contribution in [0.5, 0.6) is 0 Å². The topological polar surface area (TPSA) is 113 Å². The summed E-state index contributed by atoms with van der Waals surface area (Å²) in [5, 5.41) is 0. The van der Waals surface area contributed by atoms with Gasteiger partial charge in [0.1, 0.15) is 0 Å². The molecule has 0 radical (unpaired) electrons. The van der Waals surface area contributed by atoms with E-state index in [0.717, 1.165) is 12.8 Å². The highest BCUT2D eigenvalue weighted by atomic mass is 31.3. The first-order chi connectivity index (χ1) is 10.8. The number of allylic oxidation sites excluding steroid dienone is 4. The van der Waals surface area contributed by atoms with E-state index in [1.54, 1.807) is 0 Å². The van der Waals surface area contributed by atoms with Crippen LogP contribution in [-0.2, 0) is 18.0 Å². The van der Waals surface area contributed by atoms with Gasteiger partial charge in [-0.05, 0) is 53.4 Å². The van der Waals surface area contributed by atoms with Gasteiger partial charge in [0.2, 0.25) is 0 Å². The summed E-state index contributed by atoms with van der Waals surface area (Å²) in [7, 11) is -10.0. The summed E-state index contributed by atoms with van der Waals surface area (Å²) in [4.78, 5) is 26.7. The van der Waals surface area contributed by atoms with Gasteiger partial charge in [-0.2, -0.15) is 4.31 Å². The van der Waals surface area contributed by atoms with E-state index in [1.807, 2.05) is 26.8 Å². The molecule has 24 heavy (non-hydrogen) atoms. The molecule has 3 N–H and O–H groups in total. The van der Waals surface area contributed by atoms with Gasteiger partial charge in [-0.1, -0.05) is 29.4 Å². The summed E-state index contributed by atoms with van der Waals surface area (Å²) < 4.78 is 31.0. The average molecular weight is 382 g/mol. The molecule has 0 rings (SSSR count). The van der Waals surface area contributed by atoms with Gasteiger partial charge in [0.15, 0.2) is 0 Å². The van der Waals surface area contributed by atoms with Crippen molar-refractivity contribution in [2.24, 2.45) is 0 Å². The summed E-state index contributed by atoms with van der Waals surface area (Å²) in [5.74, 6) is 0. The third kappa shape index (κ3) is 11.9. The molecule has 0 aliphatic carbocycles. The van der Waals surface area contributed by atoms with E-state index in [-0.39, 0.29) is 0 Å². The van der Waals surface area contributed by atoms with Crippen molar-refractivity contribution in [3.63, 3.8) is 0 Å². The zero-order valence-corrected chi connectivity index (χ0v) is 16.4. The Morgan fingerprint density at radius 2 is 1.71 bits per heavy atom. The smallest absolute Gasteiger partial charge is 0.302 e. The highest BCUT2D eigenvalue weighted by Gasteiger charge is 2.38. The zero-order valence-electron chi connectivity index (χ0n) is 14.6. The molecule has 2 atom stereocenters. The summed E-state index contributed by atoms with van der Waals surface area (Å²) in [6, 6.07) is 0. The molecule has 0 saturated heterocycles. The Bertz CT molecular complexity index is 572. The fourth-order valence-electron chi connectivity index (χ4n) is 1.90. The Labute approximate surface area is 143 Å². The largest absolute Gasteiger partial charge is 0.481 e. The lowest BCUT2D eigenvalue weighted by atomic mass is 9.99. The number of hydrogen-bond acceptors (Lipinski definition) is 4. The molecule has 0 spiro atoms. The molecule has 0 amide bonds. The van der Waals surface area contributed by atoms with Crippen LogP contribution in [-0.4, -0.2) is 20.3 Å². The molecule has 140 valence electrons. The van der Waals surface area contributed by atoms with Gasteiger partial charge in [0.05, 0.1) is 5.60 Å². The van der Waals surface area contributed by atoms with E-state index in [2.05, 4.69) is 17.0 Å². The molecule has 0 heterocycles. The Kier molecular flexibility index (Phi) is 9.62. The monoisotopic (exact) mass is 382 g/mol. The Morgan fingerprint density at radius 3 is 2.17 bits per heavy atom. The third-order valence-corrected chi connectivity index (χ3v) is 5.51. The van der Waals surface area contributed by atoms with E-state index in [4.69, 9.17) is 14.3 Å². The first-order valence-corrected chi connectivity index (χ1v) is 10.5. The molecular weight excluding hydrogens is 354 g/mol. The van der Waals surface area contributed by atoms with E-state index < -0.39 is 21.2 Å². The molecule has 0 saturated carbocycles. The van der Waals surface area contributed by atoms with Crippen LogP contribution < -0.4 is 0 Å². The minimum atomic E-state index is -5.14. The van der Waals surface area contributed by atoms with Crippen LogP contribution in [0.25, 0.3) is 0 Å². The summed E-state index contributed by atoms with van der Waals surface area (Å²) >= 11 is 0. The van der Waals surface area contributed by atoms with Gasteiger partial charge in [0, 0.05) is 0 Å². The van der Waals surface area contributed by atoms with Crippen LogP contribution in [0.3, 0.4) is 0 Å². The molecule has 0 aromatic rings. The highest BCUT2D eigenvalue weighted by Crippen LogP contribution is 2.59. The molecule has 2 unspecified atom stereocenters. The van der Waals surface area contributed by atoms with Crippen LogP contribution in [0.2, 0.25) is 0 Å². The maximum atomic E-state index is 11.7. The van der Waals surface area contributed by atoms with Crippen LogP contribution in [0.1, 0.15) is 53.4 Å². The minimum absolute atomic E-state index is 0.311. The van der Waals surface area contributed by atoms with Crippen molar-refractivity contribution in [3.8, 4) is 0 Å². The molecule has 0 aromatic heterocycles. The lowest BCUT2D eigenvalue weighted by Crippen LogP contribution is -2.24. The molecule has 0 aromatic carbocycles. The molecule has 9 heteroatoms. The summed E-state index contributed by atoms with van der Waals surface area (Å²) in [5.41, 5.74) is 1.19. The molecule has 0 aliphatic heterocycles. The van der Waals surface area contributed by atoms with Crippen molar-refractivity contribution < 1.29 is 32.6 Å². The zero-order chi connectivity index (χ0) is 19.0. The molecule has 0 aliphatic rings. The van der Waals surface area contributed by atoms with Gasteiger partial charge in [-0.25, -0.2) is 9.13 Å². The molecule has 0 fully saturated rings. The van der Waals surface area contributed by atoms with Gasteiger partial charge in [0.25, 0.3) is 0 Å². The maximum Gasteiger partial charge on any atom is 0.481 e. The molecule has 7 nitrogen and oxygen atoms in total. The first-order valence-electron chi connectivity index (χ1n) is 7.51. The number of rotatable bonds is 11. The van der Waals surface area contributed by atoms with Crippen LogP contribution in [0.15, 0.2) is 36.0 Å². The lowest BCUT2D eigenvalue weighted by molar-refractivity contribution is 0.0803. The van der Waals surface area contributed by atoms with Crippen LogP contribution >= 0.6 is 15.6 Å². The second-order valence-electron chi connectivity index (χ2n) is 6.06. The predicted octanol–water partition coefficient (Wildman–Crippen LogP) is 4.63. The van der Waals surface area contributed by atoms with Crippen molar-refractivity contribution in [1.29, 1.82) is 0 Å². The second kappa shape index (κ2) is 9.83. The van der Waals surface area contributed by atoms with Crippen molar-refractivity contribution in [2.45, 2.75) is 59.0 Å². The number of phosphoric ester groups is 1. The van der Waals surface area contributed by atoms with E-state index in [1.165, 1.54) is 24.1 Å². The lowest BCUT2D eigenvalue weighted by Gasteiger charge is -2.27. The van der Waals surface area contributed by atoms with Gasteiger partial charge in [-0.3, -0.25) is 4.52 Å². The second-order valence-corrected chi connectivity index (χ2v) is 8.81. The minimum Gasteiger partial charge on any atom is -0.302 e. The van der Waals surface area contributed by atoms with Crippen molar-refractivity contribution in [2.75, 3.05) is 0 Å². The average Bonchev–Trinajstić information content (AvgIpc) is 2.34. The Morgan fingerprint density at radius 1 is 1.12 bits per heavy atom. The molecular formula is C15H28O7P2. The van der Waals surface area contributed by atoms with Gasteiger partial charge < -0.3 is 14.7 Å². The van der Waals surface area contributed by atoms with Gasteiger partial charge in [-0.15, -0.1) is 6.58 Å². The SMILES string of the molecule is C=CC(C)(CC/C=C(/C)CCC=C(C)C)OP(=O)(O)OP(=O)(O)O. The van der Waals surface area contributed by atoms with Gasteiger partial charge >= 0.3 is 15.6 Å². The Hall–Kier alpha value is -0.520. The number of hydrogen-bond donors (Lipinski definition) is 3. The van der Waals surface area contributed by atoms with E-state index in [9.17, 15) is 14.0 Å². The highest BCUT2D eigenvalue weighted by molar-refractivity contribution is 7.60. The normalized spacial score (nSPS) is 17.7. The standard InChI is InChI=1S/C15H28O7P2/c1-6-15(5,21-24(19,20)22-23(16,17)18)12-8-11-14(4)10-7-9-13(2)3/h6,9,11H,1,7-8,10,12H2,2-5H3,(H,19,20)(H2,16,17,18)/b14-11-. The summed E-state index contributed by atoms with van der Waals surface area (Å²) in [6.07, 6.45) is 8.18. The van der Waals surface area contributed by atoms with Crippen molar-refractivity contribution in [1.82, 2.24) is 0 Å². The van der Waals surface area contributed by atoms with Crippen LogP contribution in [0.4, 0.5) is 0 Å². The van der Waals surface area contributed by atoms with Crippen molar-refractivity contribution in [3.05, 3.63) is 36.0 Å². The first kappa shape index (κ1) is 23.5. The fraction of sp³-hybridized carbons (Fsp3) is 0.600. The Balaban J connectivity index is 4.68. The number of phosphoric acid groups is 2. The molecule has 0 bridgehead atoms. The van der Waals surface area contributed by atoms with E-state index >= 15 is 0 Å².